The molecule has 0 saturated carbocycles. The van der Waals surface area contributed by atoms with Gasteiger partial charge in [-0.25, -0.2) is 0 Å². The summed E-state index contributed by atoms with van der Waals surface area (Å²) in [6.45, 7) is 4.81. The van der Waals surface area contributed by atoms with Gasteiger partial charge in [0.15, 0.2) is 0 Å². The summed E-state index contributed by atoms with van der Waals surface area (Å²) in [5, 5.41) is 9.99. The van der Waals surface area contributed by atoms with E-state index < -0.39 is 0 Å². The number of rotatable bonds is 4. The Bertz CT molecular complexity index is 2810. The van der Waals surface area contributed by atoms with Crippen LogP contribution >= 0.6 is 0 Å². The molecule has 2 unspecified atom stereocenters. The van der Waals surface area contributed by atoms with Crippen molar-refractivity contribution >= 4 is 22.1 Å². The van der Waals surface area contributed by atoms with Crippen molar-refractivity contribution in [3.8, 4) is 50.3 Å². The van der Waals surface area contributed by atoms with Crippen molar-refractivity contribution in [2.24, 2.45) is 0 Å². The number of allylic oxidation sites excluding steroid dienone is 4. The number of benzene rings is 6. The van der Waals surface area contributed by atoms with Gasteiger partial charge >= 0.3 is 0 Å². The minimum Gasteiger partial charge on any atom is -0.379 e. The molecule has 0 saturated heterocycles. The van der Waals surface area contributed by atoms with E-state index in [1.165, 1.54) is 77.9 Å². The monoisotopic (exact) mass is 708 g/mol. The zero-order valence-corrected chi connectivity index (χ0v) is 30.9. The highest BCUT2D eigenvalue weighted by Gasteiger charge is 2.42. The van der Waals surface area contributed by atoms with Gasteiger partial charge in [-0.05, 0) is 87.5 Å². The Kier molecular flexibility index (Phi) is 6.99. The van der Waals surface area contributed by atoms with E-state index >= 15 is 0 Å². The summed E-state index contributed by atoms with van der Waals surface area (Å²) in [4.78, 5) is 2.59. The first-order chi connectivity index (χ1) is 27.1. The predicted molar refractivity (Wildman–Crippen MR) is 229 cm³/mol. The summed E-state index contributed by atoms with van der Waals surface area (Å²) >= 11 is 0. The Morgan fingerprint density at radius 3 is 2.35 bits per heavy atom. The lowest BCUT2D eigenvalue weighted by Crippen LogP contribution is -2.47. The van der Waals surface area contributed by atoms with E-state index in [0.717, 1.165) is 11.4 Å². The van der Waals surface area contributed by atoms with Crippen LogP contribution in [-0.2, 0) is 5.41 Å². The van der Waals surface area contributed by atoms with E-state index in [1.807, 2.05) is 12.3 Å². The lowest BCUT2D eigenvalue weighted by atomic mass is 9.78. The number of dihydropyridines is 2. The van der Waals surface area contributed by atoms with E-state index in [-0.39, 0.29) is 17.6 Å². The van der Waals surface area contributed by atoms with E-state index in [1.54, 1.807) is 0 Å². The molecule has 7 aromatic rings. The summed E-state index contributed by atoms with van der Waals surface area (Å²) < 4.78 is 2.43. The van der Waals surface area contributed by atoms with Gasteiger partial charge in [0.25, 0.3) is 0 Å². The van der Waals surface area contributed by atoms with Crippen molar-refractivity contribution in [2.45, 2.75) is 31.5 Å². The maximum absolute atomic E-state index is 4.01. The van der Waals surface area contributed by atoms with Gasteiger partial charge < -0.3 is 20.1 Å². The number of anilines is 2. The molecule has 0 radical (unpaired) electrons. The quantitative estimate of drug-likeness (QED) is 0.191. The largest absolute Gasteiger partial charge is 0.379 e. The minimum atomic E-state index is -0.224. The van der Waals surface area contributed by atoms with Crippen LogP contribution in [-0.4, -0.2) is 16.8 Å². The van der Waals surface area contributed by atoms with Crippen LogP contribution in [0, 0.1) is 0 Å². The molecular weight excluding hydrogens is 669 g/mol. The Balaban J connectivity index is 1.22. The van der Waals surface area contributed by atoms with Gasteiger partial charge in [0.05, 0.1) is 23.1 Å². The Morgan fingerprint density at radius 1 is 0.636 bits per heavy atom. The summed E-state index contributed by atoms with van der Waals surface area (Å²) in [6, 6.07) is 49.3. The van der Waals surface area contributed by atoms with Crippen LogP contribution < -0.4 is 15.5 Å². The summed E-state index contributed by atoms with van der Waals surface area (Å²) in [5.74, 6) is 0. The molecule has 11 rings (SSSR count). The highest BCUT2D eigenvalue weighted by molar-refractivity contribution is 6.11. The number of hydrogen-bond donors (Lipinski definition) is 2. The zero-order valence-electron chi connectivity index (χ0n) is 30.9. The third kappa shape index (κ3) is 4.77. The second-order valence-electron chi connectivity index (χ2n) is 15.5. The fraction of sp³-hybridized carbons (Fsp3) is 0.0980. The molecule has 264 valence electrons. The van der Waals surface area contributed by atoms with Crippen LogP contribution in [0.15, 0.2) is 188 Å². The molecule has 3 aliphatic heterocycles. The van der Waals surface area contributed by atoms with Crippen LogP contribution in [0.3, 0.4) is 0 Å². The van der Waals surface area contributed by atoms with Gasteiger partial charge in [0.1, 0.15) is 6.17 Å². The molecule has 1 aromatic heterocycles. The van der Waals surface area contributed by atoms with Crippen LogP contribution in [0.5, 0.6) is 0 Å². The third-order valence-corrected chi connectivity index (χ3v) is 12.0. The molecule has 6 aromatic carbocycles. The number of nitrogens with zero attached hydrogens (tertiary/aromatic N) is 2. The molecule has 0 fully saturated rings. The SMILES string of the molecule is CC1(C)c2ccccc2-c2ccc3c(c21)-c1ccn(-c2cccc(-c4ccccc4)c2)c1-c1ccc2ccccc2c1N3C1C=CC=C(C2C=CC=CN2)N1. The number of aromatic nitrogens is 1. The Labute approximate surface area is 322 Å². The summed E-state index contributed by atoms with van der Waals surface area (Å²) in [5.41, 5.74) is 17.2. The standard InChI is InChI=1S/C51H40N4/c1-51(2)42-21-9-8-20-38(42)39-27-28-45-47(48(39)51)40-29-31-54(36-18-12-17-35(32-36)33-14-4-3-5-15-33)49(40)41-26-25-34-16-6-7-19-37(34)50(41)55(45)46-24-13-23-44(53-46)43-22-10-11-30-52-43/h3-32,43,46,52-53H,1-2H3. The van der Waals surface area contributed by atoms with Crippen molar-refractivity contribution in [1.82, 2.24) is 15.2 Å². The van der Waals surface area contributed by atoms with E-state index in [2.05, 4.69) is 204 Å². The van der Waals surface area contributed by atoms with Crippen LogP contribution in [0.1, 0.15) is 25.0 Å². The first-order valence-electron chi connectivity index (χ1n) is 19.3. The van der Waals surface area contributed by atoms with Crippen molar-refractivity contribution in [1.29, 1.82) is 0 Å². The smallest absolute Gasteiger partial charge is 0.123 e. The normalized spacial score (nSPS) is 18.3. The first-order valence-corrected chi connectivity index (χ1v) is 19.3. The van der Waals surface area contributed by atoms with Crippen molar-refractivity contribution < 1.29 is 0 Å². The molecule has 4 nitrogen and oxygen atoms in total. The molecule has 4 aliphatic rings. The van der Waals surface area contributed by atoms with Crippen LogP contribution in [0.4, 0.5) is 11.4 Å². The van der Waals surface area contributed by atoms with Crippen molar-refractivity contribution in [3.63, 3.8) is 0 Å². The molecule has 2 N–H and O–H groups in total. The molecule has 4 heterocycles. The van der Waals surface area contributed by atoms with Crippen molar-refractivity contribution in [2.75, 3.05) is 4.90 Å². The van der Waals surface area contributed by atoms with Gasteiger partial charge in [-0.2, -0.15) is 0 Å². The average Bonchev–Trinajstić information content (AvgIpc) is 3.74. The third-order valence-electron chi connectivity index (χ3n) is 12.0. The highest BCUT2D eigenvalue weighted by atomic mass is 15.3. The topological polar surface area (TPSA) is 32.2 Å². The average molecular weight is 709 g/mol. The second kappa shape index (κ2) is 12.1. The molecule has 0 amide bonds. The molecule has 0 spiro atoms. The summed E-state index contributed by atoms with van der Waals surface area (Å²) in [6.07, 6.45) is 17.3. The van der Waals surface area contributed by atoms with Crippen LogP contribution in [0.2, 0.25) is 0 Å². The molecule has 1 aliphatic carbocycles. The first kappa shape index (κ1) is 31.7. The van der Waals surface area contributed by atoms with E-state index in [9.17, 15) is 0 Å². The maximum Gasteiger partial charge on any atom is 0.123 e. The Hall–Kier alpha value is -6.78. The van der Waals surface area contributed by atoms with Gasteiger partial charge in [0.2, 0.25) is 0 Å². The number of nitrogens with one attached hydrogen (secondary N) is 2. The Morgan fingerprint density at radius 2 is 1.45 bits per heavy atom. The van der Waals surface area contributed by atoms with Gasteiger partial charge in [-0.1, -0.05) is 141 Å². The van der Waals surface area contributed by atoms with Crippen molar-refractivity contribution in [3.05, 3.63) is 199 Å². The molecule has 55 heavy (non-hydrogen) atoms. The lowest BCUT2D eigenvalue weighted by molar-refractivity contribution is 0.610. The number of hydrogen-bond acceptors (Lipinski definition) is 3. The fourth-order valence-electron chi connectivity index (χ4n) is 9.56. The molecular formula is C51H40N4. The molecule has 4 heteroatoms. The lowest BCUT2D eigenvalue weighted by Gasteiger charge is -2.39. The van der Waals surface area contributed by atoms with Crippen LogP contribution in [0.25, 0.3) is 61.1 Å². The minimum absolute atomic E-state index is 0.0581. The van der Waals surface area contributed by atoms with Gasteiger partial charge in [0, 0.05) is 45.1 Å². The highest BCUT2D eigenvalue weighted by Crippen LogP contribution is 2.59. The second-order valence-corrected chi connectivity index (χ2v) is 15.5. The van der Waals surface area contributed by atoms with Gasteiger partial charge in [-0.3, -0.25) is 0 Å². The summed E-state index contributed by atoms with van der Waals surface area (Å²) in [7, 11) is 0. The zero-order chi connectivity index (χ0) is 36.7. The van der Waals surface area contributed by atoms with E-state index in [0.29, 0.717) is 0 Å². The fourth-order valence-corrected chi connectivity index (χ4v) is 9.56. The van der Waals surface area contributed by atoms with Gasteiger partial charge in [-0.15, -0.1) is 0 Å². The van der Waals surface area contributed by atoms with E-state index in [4.69, 9.17) is 0 Å². The number of fused-ring (bicyclic) bond motifs is 11. The predicted octanol–water partition coefficient (Wildman–Crippen LogP) is 11.8. The molecule has 2 atom stereocenters. The maximum atomic E-state index is 4.01. The molecule has 0 bridgehead atoms.